The number of thiazole rings is 1. The number of rotatable bonds is 20. The summed E-state index contributed by atoms with van der Waals surface area (Å²) < 4.78 is 37.5. The van der Waals surface area contributed by atoms with Crippen molar-refractivity contribution in [2.75, 3.05) is 44.6 Å². The molecule has 4 heterocycles. The first-order valence-electron chi connectivity index (χ1n) is 20.6. The van der Waals surface area contributed by atoms with E-state index in [1.807, 2.05) is 60.7 Å². The third kappa shape index (κ3) is 12.0. The molecule has 7 aromatic rings. The number of para-hydroxylation sites is 1. The van der Waals surface area contributed by atoms with Gasteiger partial charge in [-0.1, -0.05) is 72.8 Å². The third-order valence-electron chi connectivity index (χ3n) is 10.1. The molecule has 0 bridgehead atoms. The number of aliphatic carboxylic acids is 1. The van der Waals surface area contributed by atoms with Crippen LogP contribution in [0.3, 0.4) is 0 Å². The van der Waals surface area contributed by atoms with Gasteiger partial charge in [0.25, 0.3) is 15.6 Å². The Hall–Kier alpha value is -8.16. The highest BCUT2D eigenvalue weighted by Crippen LogP contribution is 2.28. The molecule has 0 aliphatic carbocycles. The van der Waals surface area contributed by atoms with Crippen LogP contribution in [0, 0.1) is 6.92 Å². The number of nitrogens with one attached hydrogen (secondary N) is 4. The zero-order chi connectivity index (χ0) is 48.4. The maximum Gasteiger partial charge on any atom is 0.413 e. The van der Waals surface area contributed by atoms with Crippen LogP contribution >= 0.6 is 11.3 Å². The van der Waals surface area contributed by atoms with Crippen molar-refractivity contribution >= 4 is 78.3 Å². The first kappa shape index (κ1) is 47.8. The summed E-state index contributed by atoms with van der Waals surface area (Å²) in [6.07, 6.45) is 1.95. The summed E-state index contributed by atoms with van der Waals surface area (Å²) in [5.41, 5.74) is 0.749. The quantitative estimate of drug-likeness (QED) is 0.0723. The molecule has 352 valence electrons. The molecule has 4 amide bonds. The van der Waals surface area contributed by atoms with Gasteiger partial charge in [-0.2, -0.15) is 0 Å². The smallest absolute Gasteiger partial charge is 0.413 e. The first-order chi connectivity index (χ1) is 32.6. The number of H-pyrrole nitrogens is 1. The topological polar surface area (TPSA) is 303 Å². The van der Waals surface area contributed by atoms with Gasteiger partial charge in [-0.25, -0.2) is 42.7 Å². The van der Waals surface area contributed by atoms with Crippen LogP contribution in [0.25, 0.3) is 21.4 Å². The number of benzene rings is 3. The number of carboxylic acid groups (broad SMARTS) is 1. The van der Waals surface area contributed by atoms with Crippen LogP contribution in [0.15, 0.2) is 118 Å². The Morgan fingerprint density at radius 2 is 1.46 bits per heavy atom. The second kappa shape index (κ2) is 21.4. The Labute approximate surface area is 389 Å². The number of fused-ring (bicyclic) bond motifs is 2. The van der Waals surface area contributed by atoms with Gasteiger partial charge >= 0.3 is 17.8 Å². The number of carbonyl (C=O) groups excluding carboxylic acids is 4. The van der Waals surface area contributed by atoms with Gasteiger partial charge in [0, 0.05) is 37.9 Å². The Balaban J connectivity index is 1.04. The molecule has 0 unspecified atom stereocenters. The molecule has 0 aliphatic heterocycles. The minimum absolute atomic E-state index is 0.0251. The largest absolute Gasteiger partial charge is 0.480 e. The molecule has 7 rings (SSSR count). The molecule has 0 saturated carbocycles. The highest BCUT2D eigenvalue weighted by Gasteiger charge is 2.25. The Morgan fingerprint density at radius 1 is 0.824 bits per heavy atom. The number of aromatic amines is 1. The van der Waals surface area contributed by atoms with Gasteiger partial charge < -0.3 is 29.5 Å². The average Bonchev–Trinajstić information content (AvgIpc) is 3.95. The molecule has 0 radical (unpaired) electrons. The van der Waals surface area contributed by atoms with E-state index in [2.05, 4.69) is 40.3 Å². The Morgan fingerprint density at radius 3 is 2.13 bits per heavy atom. The first-order valence-corrected chi connectivity index (χ1v) is 22.9. The van der Waals surface area contributed by atoms with Crippen LogP contribution in [0.2, 0.25) is 0 Å². The van der Waals surface area contributed by atoms with Crippen molar-refractivity contribution in [2.45, 2.75) is 30.5 Å². The fourth-order valence-electron chi connectivity index (χ4n) is 6.78. The molecule has 0 saturated heterocycles. The van der Waals surface area contributed by atoms with Crippen molar-refractivity contribution in [1.29, 1.82) is 0 Å². The average molecular weight is 967 g/mol. The molecule has 0 spiro atoms. The number of imidazole rings is 1. The van der Waals surface area contributed by atoms with E-state index >= 15 is 0 Å². The minimum Gasteiger partial charge on any atom is -0.480 e. The monoisotopic (exact) mass is 966 g/mol. The molecular formula is C43H42N12O11S2. The van der Waals surface area contributed by atoms with E-state index in [1.54, 1.807) is 24.3 Å². The summed E-state index contributed by atoms with van der Waals surface area (Å²) in [4.78, 5) is 111. The number of anilines is 1. The second-order valence-electron chi connectivity index (χ2n) is 14.9. The summed E-state index contributed by atoms with van der Waals surface area (Å²) in [5, 5.41) is 14.6. The van der Waals surface area contributed by atoms with Crippen molar-refractivity contribution in [2.24, 2.45) is 0 Å². The van der Waals surface area contributed by atoms with Crippen LogP contribution in [0.1, 0.15) is 22.8 Å². The molecule has 25 heteroatoms. The molecule has 5 N–H and O–H groups in total. The number of aryl methyl sites for hydroxylation is 1. The van der Waals surface area contributed by atoms with Crippen LogP contribution in [-0.4, -0.2) is 126 Å². The lowest BCUT2D eigenvalue weighted by Crippen LogP contribution is -2.47. The Bertz CT molecular complexity index is 3140. The SMILES string of the molecule is Cc1cn(CC(=O)N(CCNC(=O)CN(CCNS(=O)(=O)c2nc3ccccc3s2)C(=O)Cn2cnc3c(NC(=O)OC(c4ccccc4)c4ccccc4)ncnc32)CC(=O)O)c(=O)[nH]c1=O. The van der Waals surface area contributed by atoms with Gasteiger partial charge in [0.05, 0.1) is 23.1 Å². The fourth-order valence-corrected chi connectivity index (χ4v) is 9.07. The van der Waals surface area contributed by atoms with Crippen LogP contribution in [0.5, 0.6) is 0 Å². The van der Waals surface area contributed by atoms with E-state index in [-0.39, 0.29) is 53.1 Å². The lowest BCUT2D eigenvalue weighted by Gasteiger charge is -2.24. The summed E-state index contributed by atoms with van der Waals surface area (Å²) in [5.74, 6) is -3.65. The van der Waals surface area contributed by atoms with Gasteiger partial charge in [0.1, 0.15) is 26.0 Å². The maximum atomic E-state index is 14.0. The van der Waals surface area contributed by atoms with Gasteiger partial charge in [-0.15, -0.1) is 11.3 Å². The van der Waals surface area contributed by atoms with E-state index in [9.17, 15) is 47.1 Å². The van der Waals surface area contributed by atoms with E-state index < -0.39 is 83.3 Å². The molecule has 4 aromatic heterocycles. The maximum absolute atomic E-state index is 14.0. The highest BCUT2D eigenvalue weighted by atomic mass is 32.2. The van der Waals surface area contributed by atoms with E-state index in [1.165, 1.54) is 17.8 Å². The van der Waals surface area contributed by atoms with Crippen molar-refractivity contribution < 1.29 is 42.2 Å². The lowest BCUT2D eigenvalue weighted by molar-refractivity contribution is -0.144. The zero-order valence-corrected chi connectivity index (χ0v) is 37.6. The predicted octanol–water partition coefficient (Wildman–Crippen LogP) is 1.47. The Kier molecular flexibility index (Phi) is 15.1. The van der Waals surface area contributed by atoms with Crippen LogP contribution in [0.4, 0.5) is 10.6 Å². The van der Waals surface area contributed by atoms with Gasteiger partial charge in [0.15, 0.2) is 23.1 Å². The number of hydrogen-bond acceptors (Lipinski definition) is 15. The normalized spacial score (nSPS) is 11.4. The molecule has 23 nitrogen and oxygen atoms in total. The van der Waals surface area contributed by atoms with Crippen LogP contribution < -0.4 is 26.6 Å². The van der Waals surface area contributed by atoms with Crippen molar-refractivity contribution in [3.8, 4) is 0 Å². The number of carboxylic acids is 1. The number of amides is 4. The molecular weight excluding hydrogens is 925 g/mol. The molecule has 0 aliphatic rings. The van der Waals surface area contributed by atoms with Gasteiger partial charge in [0.2, 0.25) is 22.1 Å². The number of ether oxygens (including phenoxy) is 1. The zero-order valence-electron chi connectivity index (χ0n) is 36.0. The number of nitrogens with zero attached hydrogens (tertiary/aromatic N) is 8. The number of hydrogen-bond donors (Lipinski definition) is 5. The van der Waals surface area contributed by atoms with Gasteiger partial charge in [-0.05, 0) is 30.2 Å². The van der Waals surface area contributed by atoms with Crippen LogP contribution in [-0.2, 0) is 47.0 Å². The third-order valence-corrected chi connectivity index (χ3v) is 13.0. The predicted molar refractivity (Wildman–Crippen MR) is 245 cm³/mol. The number of aromatic nitrogens is 7. The van der Waals surface area contributed by atoms with E-state index in [0.29, 0.717) is 10.2 Å². The van der Waals surface area contributed by atoms with Crippen molar-refractivity contribution in [3.05, 3.63) is 141 Å². The minimum atomic E-state index is -4.16. The molecule has 3 aromatic carbocycles. The second-order valence-corrected chi connectivity index (χ2v) is 17.9. The van der Waals surface area contributed by atoms with Gasteiger partial charge in [-0.3, -0.25) is 38.8 Å². The molecule has 0 fully saturated rings. The highest BCUT2D eigenvalue weighted by molar-refractivity contribution is 7.91. The molecule has 0 atom stereocenters. The summed E-state index contributed by atoms with van der Waals surface area (Å²) in [6.45, 7) is -2.34. The van der Waals surface area contributed by atoms with Crippen molar-refractivity contribution in [1.82, 2.24) is 53.9 Å². The summed E-state index contributed by atoms with van der Waals surface area (Å²) >= 11 is 0.950. The lowest BCUT2D eigenvalue weighted by atomic mass is 10.0. The summed E-state index contributed by atoms with van der Waals surface area (Å²) in [7, 11) is -4.16. The number of sulfonamides is 1. The molecule has 68 heavy (non-hydrogen) atoms. The number of carbonyl (C=O) groups is 5. The standard InChI is InChI=1S/C43H42N12O11S2/c1-27-20-54(41(62)51-40(27)61)22-33(57)53(24-35(59)60)18-16-44-32(56)21-52(19-17-48-68(64,65)43-49-30-14-8-9-15-31(30)67-43)34(58)23-55-26-47-36-38(45-25-46-39(36)55)50-42(63)66-37(28-10-4-2-5-11-28)29-12-6-3-7-13-29/h2-15,20,25-26,37,48H,16-19,21-24H2,1H3,(H,44,56)(H,59,60)(H,51,61,62)(H,45,46,50,63). The van der Waals surface area contributed by atoms with E-state index in [4.69, 9.17) is 4.74 Å². The summed E-state index contributed by atoms with van der Waals surface area (Å²) in [6, 6.07) is 25.1. The fraction of sp³-hybridized carbons (Fsp3) is 0.233. The van der Waals surface area contributed by atoms with Crippen molar-refractivity contribution in [3.63, 3.8) is 0 Å². The van der Waals surface area contributed by atoms with E-state index in [0.717, 1.165) is 49.4 Å².